The van der Waals surface area contributed by atoms with Crippen LogP contribution in [0.25, 0.3) is 0 Å². The molecule has 0 saturated carbocycles. The number of rotatable bonds is 5. The summed E-state index contributed by atoms with van der Waals surface area (Å²) in [5.41, 5.74) is -0.130. The first-order valence-electron chi connectivity index (χ1n) is 5.79. The maximum Gasteiger partial charge on any atom is 0.416 e. The number of benzene rings is 1. The number of aryl methyl sites for hydroxylation is 1. The summed E-state index contributed by atoms with van der Waals surface area (Å²) in [7, 11) is 0. The summed E-state index contributed by atoms with van der Waals surface area (Å²) in [6.07, 6.45) is -3.08. The van der Waals surface area contributed by atoms with Gasteiger partial charge in [0.05, 0.1) is 5.56 Å². The smallest absolute Gasteiger partial charge is 0.315 e. The van der Waals surface area contributed by atoms with Crippen molar-refractivity contribution in [2.45, 2.75) is 38.9 Å². The van der Waals surface area contributed by atoms with Crippen molar-refractivity contribution < 1.29 is 13.2 Å². The van der Waals surface area contributed by atoms with Gasteiger partial charge in [0, 0.05) is 6.04 Å². The van der Waals surface area contributed by atoms with Gasteiger partial charge in [-0.25, -0.2) is 0 Å². The van der Waals surface area contributed by atoms with Crippen molar-refractivity contribution in [1.82, 2.24) is 5.32 Å². The van der Waals surface area contributed by atoms with Crippen LogP contribution in [0.4, 0.5) is 13.2 Å². The number of alkyl halides is 3. The van der Waals surface area contributed by atoms with E-state index in [0.717, 1.165) is 12.6 Å². The summed E-state index contributed by atoms with van der Waals surface area (Å²) in [5, 5.41) is 3.19. The van der Waals surface area contributed by atoms with E-state index in [-0.39, 0.29) is 0 Å². The first-order chi connectivity index (χ1) is 7.91. The van der Waals surface area contributed by atoms with Crippen LogP contribution in [-0.2, 0) is 12.6 Å². The van der Waals surface area contributed by atoms with Gasteiger partial charge in [0.25, 0.3) is 0 Å². The Balaban J connectivity index is 2.59. The van der Waals surface area contributed by atoms with Crippen LogP contribution in [0, 0.1) is 0 Å². The van der Waals surface area contributed by atoms with Gasteiger partial charge in [0.2, 0.25) is 0 Å². The zero-order valence-corrected chi connectivity index (χ0v) is 10.1. The molecule has 0 spiro atoms. The minimum Gasteiger partial charge on any atom is -0.315 e. The van der Waals surface area contributed by atoms with E-state index in [0.29, 0.717) is 24.4 Å². The number of hydrogen-bond donors (Lipinski definition) is 1. The number of hydrogen-bond acceptors (Lipinski definition) is 1. The van der Waals surface area contributed by atoms with E-state index in [4.69, 9.17) is 0 Å². The minimum absolute atomic E-state index is 0.368. The summed E-state index contributed by atoms with van der Waals surface area (Å²) in [4.78, 5) is 0. The highest BCUT2D eigenvalue weighted by Gasteiger charge is 2.32. The Kier molecular flexibility index (Phi) is 5.00. The fraction of sp³-hybridized carbons (Fsp3) is 0.538. The molecule has 1 N–H and O–H groups in total. The lowest BCUT2D eigenvalue weighted by atomic mass is 10.0. The van der Waals surface area contributed by atoms with E-state index >= 15 is 0 Å². The molecule has 0 fully saturated rings. The molecule has 0 aliphatic carbocycles. The maximum absolute atomic E-state index is 12.7. The van der Waals surface area contributed by atoms with Crippen LogP contribution in [0.2, 0.25) is 0 Å². The lowest BCUT2D eigenvalue weighted by Crippen LogP contribution is -2.24. The van der Waals surface area contributed by atoms with Gasteiger partial charge in [-0.15, -0.1) is 0 Å². The highest BCUT2D eigenvalue weighted by atomic mass is 19.4. The summed E-state index contributed by atoms with van der Waals surface area (Å²) in [5.74, 6) is 0. The molecule has 0 atom stereocenters. The van der Waals surface area contributed by atoms with Crippen molar-refractivity contribution in [3.8, 4) is 0 Å². The molecule has 1 aromatic rings. The first kappa shape index (κ1) is 14.0. The summed E-state index contributed by atoms with van der Waals surface area (Å²) in [6.45, 7) is 4.77. The second-order valence-corrected chi connectivity index (χ2v) is 4.37. The van der Waals surface area contributed by atoms with E-state index < -0.39 is 11.7 Å². The Morgan fingerprint density at radius 2 is 1.82 bits per heavy atom. The molecule has 0 aliphatic heterocycles. The molecule has 4 heteroatoms. The largest absolute Gasteiger partial charge is 0.416 e. The van der Waals surface area contributed by atoms with Crippen LogP contribution in [0.5, 0.6) is 0 Å². The van der Waals surface area contributed by atoms with E-state index in [9.17, 15) is 13.2 Å². The summed E-state index contributed by atoms with van der Waals surface area (Å²) in [6, 6.07) is 6.15. The molecule has 17 heavy (non-hydrogen) atoms. The Labute approximate surface area is 100 Å². The molecule has 1 rings (SSSR count). The third-order valence-electron chi connectivity index (χ3n) is 2.50. The molecule has 0 amide bonds. The fourth-order valence-electron chi connectivity index (χ4n) is 1.68. The predicted octanol–water partition coefficient (Wildman–Crippen LogP) is 3.64. The monoisotopic (exact) mass is 245 g/mol. The lowest BCUT2D eigenvalue weighted by Gasteiger charge is -2.13. The van der Waals surface area contributed by atoms with Gasteiger partial charge in [-0.1, -0.05) is 32.0 Å². The Hall–Kier alpha value is -1.03. The molecule has 0 saturated heterocycles. The maximum atomic E-state index is 12.7. The Morgan fingerprint density at radius 1 is 1.18 bits per heavy atom. The minimum atomic E-state index is -4.25. The zero-order chi connectivity index (χ0) is 12.9. The quantitative estimate of drug-likeness (QED) is 0.781. The average Bonchev–Trinajstić information content (AvgIpc) is 2.23. The molecule has 0 aromatic heterocycles. The lowest BCUT2D eigenvalue weighted by molar-refractivity contribution is -0.138. The van der Waals surface area contributed by atoms with Gasteiger partial charge in [-0.2, -0.15) is 13.2 Å². The van der Waals surface area contributed by atoms with E-state index in [2.05, 4.69) is 5.32 Å². The molecule has 0 radical (unpaired) electrons. The molecular weight excluding hydrogens is 227 g/mol. The van der Waals surface area contributed by atoms with Crippen molar-refractivity contribution in [2.75, 3.05) is 6.54 Å². The van der Waals surface area contributed by atoms with Crippen molar-refractivity contribution in [1.29, 1.82) is 0 Å². The molecule has 96 valence electrons. The second-order valence-electron chi connectivity index (χ2n) is 4.37. The van der Waals surface area contributed by atoms with Gasteiger partial charge in [-0.05, 0) is 31.0 Å². The van der Waals surface area contributed by atoms with E-state index in [1.807, 2.05) is 13.8 Å². The van der Waals surface area contributed by atoms with Crippen LogP contribution in [-0.4, -0.2) is 12.6 Å². The van der Waals surface area contributed by atoms with Crippen LogP contribution in [0.3, 0.4) is 0 Å². The predicted molar refractivity (Wildman–Crippen MR) is 62.9 cm³/mol. The average molecular weight is 245 g/mol. The molecule has 0 bridgehead atoms. The summed E-state index contributed by atoms with van der Waals surface area (Å²) >= 11 is 0. The van der Waals surface area contributed by atoms with E-state index in [1.165, 1.54) is 6.07 Å². The Morgan fingerprint density at radius 3 is 2.41 bits per heavy atom. The van der Waals surface area contributed by atoms with Crippen molar-refractivity contribution in [2.24, 2.45) is 0 Å². The molecule has 1 nitrogen and oxygen atoms in total. The van der Waals surface area contributed by atoms with Crippen LogP contribution in [0.1, 0.15) is 31.4 Å². The molecule has 0 aliphatic rings. The first-order valence-corrected chi connectivity index (χ1v) is 5.79. The van der Waals surface area contributed by atoms with Crippen molar-refractivity contribution >= 4 is 0 Å². The second kappa shape index (κ2) is 6.05. The van der Waals surface area contributed by atoms with Gasteiger partial charge in [0.15, 0.2) is 0 Å². The zero-order valence-electron chi connectivity index (χ0n) is 10.1. The van der Waals surface area contributed by atoms with Crippen LogP contribution in [0.15, 0.2) is 24.3 Å². The molecule has 0 heterocycles. The van der Waals surface area contributed by atoms with Gasteiger partial charge in [0.1, 0.15) is 0 Å². The van der Waals surface area contributed by atoms with Crippen LogP contribution < -0.4 is 5.32 Å². The number of halogens is 3. The topological polar surface area (TPSA) is 12.0 Å². The molecular formula is C13H18F3N. The van der Waals surface area contributed by atoms with E-state index in [1.54, 1.807) is 12.1 Å². The van der Waals surface area contributed by atoms with Gasteiger partial charge < -0.3 is 5.32 Å². The Bertz CT molecular complexity index is 345. The normalized spacial score (nSPS) is 12.1. The van der Waals surface area contributed by atoms with Crippen LogP contribution >= 0.6 is 0 Å². The third kappa shape index (κ3) is 4.77. The highest BCUT2D eigenvalue weighted by Crippen LogP contribution is 2.32. The number of nitrogens with one attached hydrogen (secondary N) is 1. The SMILES string of the molecule is CC(C)NCCCc1ccccc1C(F)(F)F. The van der Waals surface area contributed by atoms with Crippen molar-refractivity contribution in [3.63, 3.8) is 0 Å². The van der Waals surface area contributed by atoms with Crippen molar-refractivity contribution in [3.05, 3.63) is 35.4 Å². The molecule has 0 unspecified atom stereocenters. The third-order valence-corrected chi connectivity index (χ3v) is 2.50. The van der Waals surface area contributed by atoms with Gasteiger partial charge in [-0.3, -0.25) is 0 Å². The fourth-order valence-corrected chi connectivity index (χ4v) is 1.68. The highest BCUT2D eigenvalue weighted by molar-refractivity contribution is 5.29. The summed E-state index contributed by atoms with van der Waals surface area (Å²) < 4.78 is 38.0. The standard InChI is InChI=1S/C13H18F3N/c1-10(2)17-9-5-7-11-6-3-4-8-12(11)13(14,15)16/h3-4,6,8,10,17H,5,7,9H2,1-2H3. The van der Waals surface area contributed by atoms with Gasteiger partial charge >= 0.3 is 6.18 Å². The molecule has 1 aromatic carbocycles.